The summed E-state index contributed by atoms with van der Waals surface area (Å²) in [7, 11) is 3.21. The molecule has 0 aliphatic rings. The maximum absolute atomic E-state index is 13.6. The Bertz CT molecular complexity index is 742. The highest BCUT2D eigenvalue weighted by Crippen LogP contribution is 2.18. The summed E-state index contributed by atoms with van der Waals surface area (Å²) in [6.45, 7) is 2.52. The highest BCUT2D eigenvalue weighted by atomic mass is 127. The fraction of sp³-hybridized carbons (Fsp3) is 0.316. The number of benzene rings is 2. The van der Waals surface area contributed by atoms with Crippen LogP contribution >= 0.6 is 24.0 Å². The molecule has 0 spiro atoms. The van der Waals surface area contributed by atoms with Crippen LogP contribution in [0.1, 0.15) is 12.5 Å². The lowest BCUT2D eigenvalue weighted by Gasteiger charge is -2.18. The molecule has 0 saturated carbocycles. The van der Waals surface area contributed by atoms with Crippen molar-refractivity contribution in [3.05, 3.63) is 59.7 Å². The zero-order valence-corrected chi connectivity index (χ0v) is 17.8. The fourth-order valence-corrected chi connectivity index (χ4v) is 2.25. The molecule has 8 heteroatoms. The molecule has 0 fully saturated rings. The molecule has 1 unspecified atom stereocenters. The van der Waals surface area contributed by atoms with Crippen molar-refractivity contribution in [1.82, 2.24) is 10.6 Å². The third-order valence-corrected chi connectivity index (χ3v) is 3.63. The van der Waals surface area contributed by atoms with E-state index in [9.17, 15) is 8.78 Å². The van der Waals surface area contributed by atoms with Gasteiger partial charge in [0.05, 0.1) is 13.7 Å². The van der Waals surface area contributed by atoms with Gasteiger partial charge in [0.2, 0.25) is 0 Å². The Labute approximate surface area is 175 Å². The van der Waals surface area contributed by atoms with E-state index >= 15 is 0 Å². The summed E-state index contributed by atoms with van der Waals surface area (Å²) in [6.07, 6.45) is -0.132. The van der Waals surface area contributed by atoms with E-state index in [1.807, 2.05) is 31.2 Å². The molecular weight excluding hydrogens is 467 g/mol. The minimum Gasteiger partial charge on any atom is -0.497 e. The maximum atomic E-state index is 13.6. The minimum atomic E-state index is -0.479. The summed E-state index contributed by atoms with van der Waals surface area (Å²) in [4.78, 5) is 4.06. The lowest BCUT2D eigenvalue weighted by Crippen LogP contribution is -2.41. The van der Waals surface area contributed by atoms with Gasteiger partial charge in [-0.05, 0) is 49.4 Å². The molecule has 0 aromatic heterocycles. The summed E-state index contributed by atoms with van der Waals surface area (Å²) in [6, 6.07) is 10.7. The zero-order valence-electron chi connectivity index (χ0n) is 15.5. The average molecular weight is 491 g/mol. The van der Waals surface area contributed by atoms with Crippen LogP contribution < -0.4 is 20.1 Å². The van der Waals surface area contributed by atoms with Gasteiger partial charge in [0, 0.05) is 19.2 Å². The van der Waals surface area contributed by atoms with E-state index in [0.717, 1.165) is 29.7 Å². The topological polar surface area (TPSA) is 54.9 Å². The van der Waals surface area contributed by atoms with Crippen LogP contribution in [0.5, 0.6) is 11.5 Å². The number of hydrogen-bond donors (Lipinski definition) is 2. The van der Waals surface area contributed by atoms with E-state index in [-0.39, 0.29) is 42.2 Å². The van der Waals surface area contributed by atoms with Gasteiger partial charge in [-0.1, -0.05) is 0 Å². The van der Waals surface area contributed by atoms with Gasteiger partial charge >= 0.3 is 0 Å². The van der Waals surface area contributed by atoms with Gasteiger partial charge in [-0.25, -0.2) is 8.78 Å². The molecule has 2 rings (SSSR count). The van der Waals surface area contributed by atoms with Crippen molar-refractivity contribution in [1.29, 1.82) is 0 Å². The monoisotopic (exact) mass is 491 g/mol. The number of methoxy groups -OCH3 is 1. The number of aliphatic imine (C=N–C) groups is 1. The molecule has 0 aliphatic carbocycles. The predicted octanol–water partition coefficient (Wildman–Crippen LogP) is 3.72. The number of guanidine groups is 1. The highest BCUT2D eigenvalue weighted by Gasteiger charge is 2.08. The number of halogens is 3. The molecule has 0 aliphatic heterocycles. The Morgan fingerprint density at radius 2 is 1.74 bits per heavy atom. The van der Waals surface area contributed by atoms with Crippen molar-refractivity contribution < 1.29 is 18.3 Å². The van der Waals surface area contributed by atoms with Gasteiger partial charge in [0.1, 0.15) is 29.2 Å². The second kappa shape index (κ2) is 11.6. The SMILES string of the molecule is CN=C(NCc1cc(F)ccc1F)NCC(C)Oc1ccc(OC)cc1.I. The van der Waals surface area contributed by atoms with Crippen molar-refractivity contribution >= 4 is 29.9 Å². The standard InChI is InChI=1S/C19H23F2N3O2.HI/c1-13(26-17-7-5-16(25-3)6-8-17)11-23-19(22-2)24-12-14-10-15(20)4-9-18(14)21;/h4-10,13H,11-12H2,1-3H3,(H2,22,23,24);1H. The first-order chi connectivity index (χ1) is 12.5. The van der Waals surface area contributed by atoms with Crippen molar-refractivity contribution in [2.24, 2.45) is 4.99 Å². The van der Waals surface area contributed by atoms with Crippen LogP contribution in [0.15, 0.2) is 47.5 Å². The molecule has 0 heterocycles. The molecular formula is C19H24F2IN3O2. The Hall–Kier alpha value is -2.10. The normalized spacial score (nSPS) is 12.0. The summed E-state index contributed by atoms with van der Waals surface area (Å²) < 4.78 is 37.7. The van der Waals surface area contributed by atoms with Crippen LogP contribution in [-0.2, 0) is 6.54 Å². The molecule has 1 atom stereocenters. The van der Waals surface area contributed by atoms with Crippen molar-refractivity contribution in [3.63, 3.8) is 0 Å². The van der Waals surface area contributed by atoms with Crippen molar-refractivity contribution in [2.45, 2.75) is 19.6 Å². The quantitative estimate of drug-likeness (QED) is 0.352. The molecule has 148 valence electrons. The Morgan fingerprint density at radius 1 is 1.07 bits per heavy atom. The molecule has 0 saturated heterocycles. The lowest BCUT2D eigenvalue weighted by molar-refractivity contribution is 0.223. The number of ether oxygens (including phenoxy) is 2. The van der Waals surface area contributed by atoms with Crippen LogP contribution in [-0.4, -0.2) is 32.8 Å². The van der Waals surface area contributed by atoms with E-state index in [2.05, 4.69) is 15.6 Å². The second-order valence-corrected chi connectivity index (χ2v) is 5.65. The molecule has 0 bridgehead atoms. The zero-order chi connectivity index (χ0) is 18.9. The molecule has 27 heavy (non-hydrogen) atoms. The smallest absolute Gasteiger partial charge is 0.191 e. The first kappa shape index (κ1) is 22.9. The first-order valence-electron chi connectivity index (χ1n) is 8.21. The van der Waals surface area contributed by atoms with Crippen LogP contribution in [0.25, 0.3) is 0 Å². The predicted molar refractivity (Wildman–Crippen MR) is 113 cm³/mol. The van der Waals surface area contributed by atoms with E-state index in [4.69, 9.17) is 9.47 Å². The van der Waals surface area contributed by atoms with Crippen LogP contribution in [0.4, 0.5) is 8.78 Å². The number of rotatable bonds is 7. The molecule has 5 nitrogen and oxygen atoms in total. The van der Waals surface area contributed by atoms with E-state index in [1.54, 1.807) is 14.2 Å². The minimum absolute atomic E-state index is 0. The van der Waals surface area contributed by atoms with Crippen molar-refractivity contribution in [2.75, 3.05) is 20.7 Å². The number of hydrogen-bond acceptors (Lipinski definition) is 3. The highest BCUT2D eigenvalue weighted by molar-refractivity contribution is 14.0. The molecule has 2 aromatic carbocycles. The van der Waals surface area contributed by atoms with Crippen LogP contribution in [0, 0.1) is 11.6 Å². The summed E-state index contributed by atoms with van der Waals surface area (Å²) >= 11 is 0. The van der Waals surface area contributed by atoms with Gasteiger partial charge in [0.15, 0.2) is 5.96 Å². The largest absolute Gasteiger partial charge is 0.497 e. The summed E-state index contributed by atoms with van der Waals surface area (Å²) in [5.74, 6) is 1.01. The molecule has 0 radical (unpaired) electrons. The third kappa shape index (κ3) is 7.58. The molecule has 2 N–H and O–H groups in total. The van der Waals surface area contributed by atoms with Crippen molar-refractivity contribution in [3.8, 4) is 11.5 Å². The fourth-order valence-electron chi connectivity index (χ4n) is 2.25. The van der Waals surface area contributed by atoms with Gasteiger partial charge in [0.25, 0.3) is 0 Å². The third-order valence-electron chi connectivity index (χ3n) is 3.63. The van der Waals surface area contributed by atoms with Gasteiger partial charge in [-0.3, -0.25) is 4.99 Å². The second-order valence-electron chi connectivity index (χ2n) is 5.65. The molecule has 0 amide bonds. The summed E-state index contributed by atoms with van der Waals surface area (Å²) in [5, 5.41) is 6.04. The van der Waals surface area contributed by atoms with Gasteiger partial charge in [-0.15, -0.1) is 24.0 Å². The Morgan fingerprint density at radius 3 is 2.37 bits per heavy atom. The van der Waals surface area contributed by atoms with E-state index < -0.39 is 11.6 Å². The Balaban J connectivity index is 0.00000364. The lowest BCUT2D eigenvalue weighted by atomic mass is 10.2. The first-order valence-corrected chi connectivity index (χ1v) is 8.21. The van der Waals surface area contributed by atoms with E-state index in [0.29, 0.717) is 12.5 Å². The summed E-state index contributed by atoms with van der Waals surface area (Å²) in [5.41, 5.74) is 0.232. The average Bonchev–Trinajstić information content (AvgIpc) is 2.65. The maximum Gasteiger partial charge on any atom is 0.191 e. The van der Waals surface area contributed by atoms with E-state index in [1.165, 1.54) is 0 Å². The Kier molecular flexibility index (Phi) is 9.84. The number of nitrogens with zero attached hydrogens (tertiary/aromatic N) is 1. The number of nitrogens with one attached hydrogen (secondary N) is 2. The molecule has 2 aromatic rings. The van der Waals surface area contributed by atoms with Gasteiger partial charge < -0.3 is 20.1 Å². The van der Waals surface area contributed by atoms with Crippen LogP contribution in [0.3, 0.4) is 0 Å². The van der Waals surface area contributed by atoms with Gasteiger partial charge in [-0.2, -0.15) is 0 Å². The van der Waals surface area contributed by atoms with Crippen LogP contribution in [0.2, 0.25) is 0 Å².